The zero-order valence-electron chi connectivity index (χ0n) is 7.24. The number of aromatic hydroxyl groups is 1. The number of nitriles is 1. The van der Waals surface area contributed by atoms with E-state index in [-0.39, 0.29) is 11.1 Å². The summed E-state index contributed by atoms with van der Waals surface area (Å²) < 4.78 is 17.1. The highest BCUT2D eigenvalue weighted by molar-refractivity contribution is 5.93. The highest BCUT2D eigenvalue weighted by Crippen LogP contribution is 2.22. The molecule has 0 saturated heterocycles. The molecule has 1 aromatic carbocycles. The normalized spacial score (nSPS) is 9.21. The topological polar surface area (TPSA) is 70.3 Å². The van der Waals surface area contributed by atoms with Crippen LogP contribution < -0.4 is 0 Å². The standard InChI is InChI=1S/C9H6FNO3/c1-14-9(13)6-2-5(10)3-8(12)7(6)4-11/h2-3,12H,1H3. The average Bonchev–Trinajstić information content (AvgIpc) is 2.15. The third-order valence-electron chi connectivity index (χ3n) is 1.60. The summed E-state index contributed by atoms with van der Waals surface area (Å²) in [7, 11) is 1.10. The molecule has 0 fully saturated rings. The van der Waals surface area contributed by atoms with E-state index in [4.69, 9.17) is 10.4 Å². The van der Waals surface area contributed by atoms with E-state index in [9.17, 15) is 9.18 Å². The summed E-state index contributed by atoms with van der Waals surface area (Å²) in [6.07, 6.45) is 0. The molecule has 4 nitrogen and oxygen atoms in total. The van der Waals surface area contributed by atoms with E-state index < -0.39 is 17.5 Å². The lowest BCUT2D eigenvalue weighted by atomic mass is 10.1. The molecular weight excluding hydrogens is 189 g/mol. The van der Waals surface area contributed by atoms with Crippen LogP contribution in [0.5, 0.6) is 5.75 Å². The van der Waals surface area contributed by atoms with Crippen molar-refractivity contribution < 1.29 is 19.0 Å². The van der Waals surface area contributed by atoms with Gasteiger partial charge in [0, 0.05) is 6.07 Å². The van der Waals surface area contributed by atoms with Crippen LogP contribution in [0, 0.1) is 17.1 Å². The maximum atomic E-state index is 12.8. The number of hydrogen-bond donors (Lipinski definition) is 1. The summed E-state index contributed by atoms with van der Waals surface area (Å²) in [5.74, 6) is -2.24. The van der Waals surface area contributed by atoms with Crippen LogP contribution in [0.1, 0.15) is 15.9 Å². The minimum Gasteiger partial charge on any atom is -0.506 e. The Kier molecular flexibility index (Phi) is 2.67. The number of hydrogen-bond acceptors (Lipinski definition) is 4. The van der Waals surface area contributed by atoms with E-state index in [1.54, 1.807) is 6.07 Å². The minimum atomic E-state index is -0.864. The molecule has 1 aromatic rings. The molecule has 0 heterocycles. The first kappa shape index (κ1) is 9.99. The highest BCUT2D eigenvalue weighted by atomic mass is 19.1. The Morgan fingerprint density at radius 1 is 1.64 bits per heavy atom. The number of carbonyl (C=O) groups excluding carboxylic acids is 1. The fourth-order valence-corrected chi connectivity index (χ4v) is 0.981. The van der Waals surface area contributed by atoms with Gasteiger partial charge in [-0.15, -0.1) is 0 Å². The number of rotatable bonds is 1. The molecule has 0 aromatic heterocycles. The Balaban J connectivity index is 3.41. The van der Waals surface area contributed by atoms with E-state index in [0.717, 1.165) is 19.2 Å². The van der Waals surface area contributed by atoms with E-state index in [0.29, 0.717) is 0 Å². The molecule has 0 spiro atoms. The van der Waals surface area contributed by atoms with Crippen molar-refractivity contribution in [3.63, 3.8) is 0 Å². The van der Waals surface area contributed by atoms with Crippen LogP contribution >= 0.6 is 0 Å². The third kappa shape index (κ3) is 1.64. The molecule has 0 aliphatic carbocycles. The van der Waals surface area contributed by atoms with Crippen molar-refractivity contribution >= 4 is 5.97 Å². The molecule has 0 saturated carbocycles. The molecule has 0 aliphatic rings. The summed E-state index contributed by atoms with van der Waals surface area (Å²) in [4.78, 5) is 11.0. The Hall–Kier alpha value is -2.09. The molecular formula is C9H6FNO3. The predicted molar refractivity (Wildman–Crippen MR) is 44.1 cm³/mol. The molecule has 1 rings (SSSR count). The van der Waals surface area contributed by atoms with E-state index >= 15 is 0 Å². The van der Waals surface area contributed by atoms with Gasteiger partial charge in [0.15, 0.2) is 0 Å². The summed E-state index contributed by atoms with van der Waals surface area (Å²) in [6.45, 7) is 0. The van der Waals surface area contributed by atoms with Gasteiger partial charge in [0.2, 0.25) is 0 Å². The van der Waals surface area contributed by atoms with Gasteiger partial charge >= 0.3 is 5.97 Å². The van der Waals surface area contributed by atoms with Crippen molar-refractivity contribution in [1.82, 2.24) is 0 Å². The second-order valence-corrected chi connectivity index (χ2v) is 2.45. The number of phenolic OH excluding ortho intramolecular Hbond substituents is 1. The van der Waals surface area contributed by atoms with Crippen LogP contribution in [0.4, 0.5) is 4.39 Å². The zero-order valence-corrected chi connectivity index (χ0v) is 7.24. The van der Waals surface area contributed by atoms with Crippen molar-refractivity contribution in [2.24, 2.45) is 0 Å². The number of methoxy groups -OCH3 is 1. The summed E-state index contributed by atoms with van der Waals surface area (Å²) in [5.41, 5.74) is -0.578. The van der Waals surface area contributed by atoms with Crippen molar-refractivity contribution in [1.29, 1.82) is 5.26 Å². The maximum Gasteiger partial charge on any atom is 0.339 e. The average molecular weight is 195 g/mol. The van der Waals surface area contributed by atoms with Crippen molar-refractivity contribution in [2.75, 3.05) is 7.11 Å². The van der Waals surface area contributed by atoms with E-state index in [2.05, 4.69) is 4.74 Å². The smallest absolute Gasteiger partial charge is 0.339 e. The second kappa shape index (κ2) is 3.75. The second-order valence-electron chi connectivity index (χ2n) is 2.45. The monoisotopic (exact) mass is 195 g/mol. The zero-order chi connectivity index (χ0) is 10.7. The van der Waals surface area contributed by atoms with Gasteiger partial charge in [-0.3, -0.25) is 0 Å². The molecule has 0 unspecified atom stereocenters. The molecule has 0 aliphatic heterocycles. The SMILES string of the molecule is COC(=O)c1cc(F)cc(O)c1C#N. The molecule has 0 bridgehead atoms. The van der Waals surface area contributed by atoms with Crippen molar-refractivity contribution in [2.45, 2.75) is 0 Å². The van der Waals surface area contributed by atoms with Crippen molar-refractivity contribution in [3.05, 3.63) is 29.1 Å². The molecule has 0 radical (unpaired) electrons. The summed E-state index contributed by atoms with van der Waals surface area (Å²) in [5, 5.41) is 17.7. The number of phenols is 1. The lowest BCUT2D eigenvalue weighted by molar-refractivity contribution is 0.0599. The van der Waals surface area contributed by atoms with Gasteiger partial charge in [-0.25, -0.2) is 9.18 Å². The predicted octanol–water partition coefficient (Wildman–Crippen LogP) is 1.19. The van der Waals surface area contributed by atoms with Crippen LogP contribution in [0.15, 0.2) is 12.1 Å². The highest BCUT2D eigenvalue weighted by Gasteiger charge is 2.16. The van der Waals surface area contributed by atoms with Gasteiger partial charge in [0.1, 0.15) is 23.2 Å². The van der Waals surface area contributed by atoms with Crippen LogP contribution in [-0.4, -0.2) is 18.2 Å². The first-order chi connectivity index (χ1) is 6.60. The quantitative estimate of drug-likeness (QED) is 0.683. The molecule has 5 heteroatoms. The Bertz CT molecular complexity index is 423. The first-order valence-electron chi connectivity index (χ1n) is 3.61. The lowest BCUT2D eigenvalue weighted by Crippen LogP contribution is -2.05. The Morgan fingerprint density at radius 3 is 2.79 bits per heavy atom. The number of halogens is 1. The summed E-state index contributed by atoms with van der Waals surface area (Å²) >= 11 is 0. The number of benzene rings is 1. The maximum absolute atomic E-state index is 12.8. The van der Waals surface area contributed by atoms with Gasteiger partial charge in [0.25, 0.3) is 0 Å². The van der Waals surface area contributed by atoms with Gasteiger partial charge in [0.05, 0.1) is 12.7 Å². The minimum absolute atomic E-state index is 0.285. The fourth-order valence-electron chi connectivity index (χ4n) is 0.981. The number of carbonyl (C=O) groups is 1. The molecule has 0 amide bonds. The van der Waals surface area contributed by atoms with Crippen LogP contribution in [0.2, 0.25) is 0 Å². The third-order valence-corrected chi connectivity index (χ3v) is 1.60. The number of esters is 1. The van der Waals surface area contributed by atoms with Crippen molar-refractivity contribution in [3.8, 4) is 11.8 Å². The van der Waals surface area contributed by atoms with Crippen LogP contribution in [-0.2, 0) is 4.74 Å². The number of ether oxygens (including phenoxy) is 1. The summed E-state index contributed by atoms with van der Waals surface area (Å²) in [6, 6.07) is 3.18. The van der Waals surface area contributed by atoms with Gasteiger partial charge < -0.3 is 9.84 Å². The molecule has 72 valence electrons. The van der Waals surface area contributed by atoms with Crippen LogP contribution in [0.3, 0.4) is 0 Å². The molecule has 0 atom stereocenters. The van der Waals surface area contributed by atoms with Gasteiger partial charge in [-0.05, 0) is 6.07 Å². The Morgan fingerprint density at radius 2 is 2.29 bits per heavy atom. The van der Waals surface area contributed by atoms with Gasteiger partial charge in [-0.2, -0.15) is 5.26 Å². The number of nitrogens with zero attached hydrogens (tertiary/aromatic N) is 1. The largest absolute Gasteiger partial charge is 0.506 e. The van der Waals surface area contributed by atoms with Gasteiger partial charge in [-0.1, -0.05) is 0 Å². The lowest BCUT2D eigenvalue weighted by Gasteiger charge is -2.03. The molecule has 1 N–H and O–H groups in total. The Labute approximate surface area is 79.2 Å². The molecule has 14 heavy (non-hydrogen) atoms. The van der Waals surface area contributed by atoms with E-state index in [1.807, 2.05) is 0 Å². The van der Waals surface area contributed by atoms with Crippen LogP contribution in [0.25, 0.3) is 0 Å². The fraction of sp³-hybridized carbons (Fsp3) is 0.111. The first-order valence-corrected chi connectivity index (χ1v) is 3.61. The van der Waals surface area contributed by atoms with E-state index in [1.165, 1.54) is 0 Å².